The van der Waals surface area contributed by atoms with Gasteiger partial charge in [0.05, 0.1) is 10.5 Å². The van der Waals surface area contributed by atoms with Crippen LogP contribution in [0.15, 0.2) is 139 Å². The molecule has 0 saturated heterocycles. The Morgan fingerprint density at radius 2 is 1.26 bits per heavy atom. The molecule has 8 aromatic rings. The van der Waals surface area contributed by atoms with Crippen molar-refractivity contribution < 1.29 is 50.1 Å². The van der Waals surface area contributed by atoms with E-state index in [4.69, 9.17) is 5.11 Å². The molecule has 4 heterocycles. The number of carbonyl (C=O) groups is 1. The number of pyridine rings is 2. The average molecular weight is 1140 g/mol. The summed E-state index contributed by atoms with van der Waals surface area (Å²) in [6.45, 7) is 13.7. The molecule has 0 bridgehead atoms. The molecule has 4 nitrogen and oxygen atoms in total. The molecule has 0 spiro atoms. The minimum atomic E-state index is -0.125. The van der Waals surface area contributed by atoms with Crippen LogP contribution in [0.3, 0.4) is 0 Å². The van der Waals surface area contributed by atoms with Gasteiger partial charge < -0.3 is 15.1 Å². The largest absolute Gasteiger partial charge is 0.512 e. The standard InChI is InChI=1S/C23H20NS.C21H16NS.C5H8O2.2Ir/c1-23(2,3)19-11-9-16(10-12-19)20-13-18-14-21(25-22(18)15-24-20)17-7-5-4-6-8-17;1-14-8-15(2)10-17(9-14)19-12-21-18(13-22-19)11-20(23-21)16-6-4-3-5-7-16;1-4(6)3-5(2)7;;/h4-9,11-15H,1-3H3;3-9,11-13H,1-2H3;3,6H,1-2H3;;/q2*-1;;;. The van der Waals surface area contributed by atoms with Crippen LogP contribution in [-0.4, -0.2) is 20.9 Å². The van der Waals surface area contributed by atoms with E-state index in [0.29, 0.717) is 0 Å². The molecule has 1 N–H and O–H groups in total. The van der Waals surface area contributed by atoms with Gasteiger partial charge in [0.15, 0.2) is 5.78 Å². The molecule has 4 aromatic heterocycles. The Morgan fingerprint density at radius 1 is 0.684 bits per heavy atom. The summed E-state index contributed by atoms with van der Waals surface area (Å²) in [5.41, 5.74) is 10.4. The zero-order chi connectivity index (χ0) is 39.1. The van der Waals surface area contributed by atoms with E-state index in [2.05, 4.69) is 160 Å². The van der Waals surface area contributed by atoms with Crippen molar-refractivity contribution in [2.24, 2.45) is 0 Å². The van der Waals surface area contributed by atoms with Crippen LogP contribution in [0.25, 0.3) is 63.6 Å². The number of aliphatic hydroxyl groups is 1. The third-order valence-corrected chi connectivity index (χ3v) is 11.0. The number of carbonyl (C=O) groups excluding carboxylic acids is 1. The number of thiophene rings is 2. The number of nitrogens with zero attached hydrogens (tertiary/aromatic N) is 2. The number of aromatic nitrogens is 2. The minimum Gasteiger partial charge on any atom is -0.512 e. The van der Waals surface area contributed by atoms with E-state index in [9.17, 15) is 4.79 Å². The van der Waals surface area contributed by atoms with E-state index in [1.165, 1.54) is 72.1 Å². The molecule has 0 atom stereocenters. The predicted molar refractivity (Wildman–Crippen MR) is 234 cm³/mol. The number of hydrogen-bond acceptors (Lipinski definition) is 6. The molecule has 8 heteroatoms. The maximum atomic E-state index is 10.0. The Hall–Kier alpha value is -4.39. The van der Waals surface area contributed by atoms with Gasteiger partial charge in [-0.25, -0.2) is 0 Å². The van der Waals surface area contributed by atoms with Gasteiger partial charge in [-0.3, -0.25) is 4.79 Å². The number of aryl methyl sites for hydroxylation is 2. The second-order valence-electron chi connectivity index (χ2n) is 14.6. The molecule has 2 radical (unpaired) electrons. The summed E-state index contributed by atoms with van der Waals surface area (Å²) < 4.78 is 2.48. The first-order valence-corrected chi connectivity index (χ1v) is 19.8. The van der Waals surface area contributed by atoms with E-state index in [-0.39, 0.29) is 57.2 Å². The van der Waals surface area contributed by atoms with Crippen molar-refractivity contribution in [3.8, 4) is 43.4 Å². The van der Waals surface area contributed by atoms with Crippen molar-refractivity contribution in [2.45, 2.75) is 53.9 Å². The van der Waals surface area contributed by atoms with Gasteiger partial charge in [-0.05, 0) is 59.3 Å². The van der Waals surface area contributed by atoms with E-state index < -0.39 is 0 Å². The van der Waals surface area contributed by atoms with Gasteiger partial charge in [0.25, 0.3) is 0 Å². The molecule has 4 aromatic carbocycles. The summed E-state index contributed by atoms with van der Waals surface area (Å²) in [6.07, 6.45) is 5.12. The maximum Gasteiger partial charge on any atom is 0.155 e. The summed E-state index contributed by atoms with van der Waals surface area (Å²) in [4.78, 5) is 21.9. The topological polar surface area (TPSA) is 63.1 Å². The number of hydrogen-bond donors (Lipinski definition) is 1. The third-order valence-electron chi connectivity index (χ3n) is 8.71. The molecule has 0 aliphatic rings. The van der Waals surface area contributed by atoms with E-state index in [0.717, 1.165) is 28.1 Å². The van der Waals surface area contributed by atoms with Crippen molar-refractivity contribution in [1.29, 1.82) is 0 Å². The van der Waals surface area contributed by atoms with Gasteiger partial charge >= 0.3 is 0 Å². The Balaban J connectivity index is 0.000000211. The van der Waals surface area contributed by atoms with Crippen molar-refractivity contribution in [3.63, 3.8) is 0 Å². The third kappa shape index (κ3) is 12.3. The zero-order valence-corrected chi connectivity index (χ0v) is 39.4. The average Bonchev–Trinajstić information content (AvgIpc) is 3.79. The number of fused-ring (bicyclic) bond motifs is 2. The smallest absolute Gasteiger partial charge is 0.155 e. The monoisotopic (exact) mass is 1140 g/mol. The maximum absolute atomic E-state index is 10.0. The Morgan fingerprint density at radius 3 is 1.79 bits per heavy atom. The molecule has 0 fully saturated rings. The fraction of sp³-hybridized carbons (Fsp3) is 0.163. The molecule has 294 valence electrons. The van der Waals surface area contributed by atoms with Crippen LogP contribution in [0, 0.1) is 26.0 Å². The number of benzene rings is 4. The van der Waals surface area contributed by atoms with Crippen molar-refractivity contribution in [2.75, 3.05) is 0 Å². The fourth-order valence-corrected chi connectivity index (χ4v) is 8.14. The van der Waals surface area contributed by atoms with Crippen molar-refractivity contribution in [1.82, 2.24) is 9.97 Å². The Kier molecular flexibility index (Phi) is 16.2. The van der Waals surface area contributed by atoms with E-state index >= 15 is 0 Å². The van der Waals surface area contributed by atoms with Crippen molar-refractivity contribution in [3.05, 3.63) is 168 Å². The Labute approximate surface area is 371 Å². The number of rotatable bonds is 5. The first-order valence-electron chi connectivity index (χ1n) is 18.1. The van der Waals surface area contributed by atoms with Gasteiger partial charge in [-0.1, -0.05) is 107 Å². The predicted octanol–water partition coefficient (Wildman–Crippen LogP) is 13.8. The quantitative estimate of drug-likeness (QED) is 0.106. The molecule has 57 heavy (non-hydrogen) atoms. The molecule has 8 rings (SSSR count). The van der Waals surface area contributed by atoms with Crippen LogP contribution in [0.1, 0.15) is 51.3 Å². The second kappa shape index (κ2) is 20.3. The normalized spacial score (nSPS) is 11.0. The van der Waals surface area contributed by atoms with Gasteiger partial charge in [0.1, 0.15) is 0 Å². The van der Waals surface area contributed by atoms with Gasteiger partial charge in [-0.2, -0.15) is 0 Å². The van der Waals surface area contributed by atoms with Gasteiger partial charge in [0, 0.05) is 78.5 Å². The number of ketones is 1. The zero-order valence-electron chi connectivity index (χ0n) is 32.9. The number of allylic oxidation sites excluding steroid dienone is 2. The molecular formula is C49H44Ir2N2O2S2-2. The van der Waals surface area contributed by atoms with Crippen molar-refractivity contribution >= 4 is 48.6 Å². The van der Waals surface area contributed by atoms with Crippen LogP contribution in [0.5, 0.6) is 0 Å². The van der Waals surface area contributed by atoms with Crippen LogP contribution in [0.2, 0.25) is 0 Å². The summed E-state index contributed by atoms with van der Waals surface area (Å²) in [5, 5.41) is 10.8. The van der Waals surface area contributed by atoms with Crippen LogP contribution >= 0.6 is 22.7 Å². The first kappa shape index (κ1) is 45.3. The molecule has 0 aliphatic carbocycles. The number of aliphatic hydroxyl groups excluding tert-OH is 1. The van der Waals surface area contributed by atoms with E-state index in [1.54, 1.807) is 11.3 Å². The molecule has 0 unspecified atom stereocenters. The summed E-state index contributed by atoms with van der Waals surface area (Å²) in [5.74, 6) is -0.0625. The summed E-state index contributed by atoms with van der Waals surface area (Å²) >= 11 is 3.60. The van der Waals surface area contributed by atoms with Gasteiger partial charge in [0.2, 0.25) is 0 Å². The van der Waals surface area contributed by atoms with Gasteiger partial charge in [-0.15, -0.1) is 93.0 Å². The SMILES string of the molecule is CC(=O)C=C(C)O.CC(C)(C)c1c[c-]c(-c2cc3cc(-c4ccccc4)sc3cn2)cc1.Cc1[c-]c(-c2cc3sc(-c4ccccc4)cc3cn2)cc(C)c1.[Ir].[Ir]. The molecule has 0 saturated carbocycles. The second-order valence-corrected chi connectivity index (χ2v) is 16.7. The minimum absolute atomic E-state index is 0. The molecule has 0 amide bonds. The summed E-state index contributed by atoms with van der Waals surface area (Å²) in [7, 11) is 0. The molecule has 0 aliphatic heterocycles. The van der Waals surface area contributed by atoms with E-state index in [1.807, 2.05) is 35.9 Å². The van der Waals surface area contributed by atoms with Crippen LogP contribution < -0.4 is 0 Å². The fourth-order valence-electron chi connectivity index (χ4n) is 6.04. The van der Waals surface area contributed by atoms with Crippen LogP contribution in [-0.2, 0) is 50.4 Å². The summed E-state index contributed by atoms with van der Waals surface area (Å²) in [6, 6.07) is 47.3. The molecular weight excluding hydrogens is 1100 g/mol. The first-order chi connectivity index (χ1) is 26.3. The Bertz CT molecular complexity index is 2570. The van der Waals surface area contributed by atoms with Crippen LogP contribution in [0.4, 0.5) is 0 Å².